The summed E-state index contributed by atoms with van der Waals surface area (Å²) in [7, 11) is 3.01. The molecule has 1 heterocycles. The van der Waals surface area contributed by atoms with E-state index in [2.05, 4.69) is 0 Å². The molecular weight excluding hydrogens is 546 g/mol. The van der Waals surface area contributed by atoms with Gasteiger partial charge in [-0.2, -0.15) is 13.2 Å². The van der Waals surface area contributed by atoms with Gasteiger partial charge in [0.25, 0.3) is 0 Å². The molecule has 1 amide bonds. The van der Waals surface area contributed by atoms with Crippen molar-refractivity contribution >= 4 is 34.4 Å². The average molecular weight is 578 g/mol. The Kier molecular flexibility index (Phi) is 9.25. The van der Waals surface area contributed by atoms with Crippen molar-refractivity contribution in [3.63, 3.8) is 0 Å². The van der Waals surface area contributed by atoms with Crippen LogP contribution in [0.2, 0.25) is 0 Å². The largest absolute Gasteiger partial charge is 0.462 e. The number of aromatic nitrogens is 2. The Balaban J connectivity index is 0.000000275. The summed E-state index contributed by atoms with van der Waals surface area (Å²) < 4.78 is 59.8. The molecule has 220 valence electrons. The fraction of sp³-hybridized carbons (Fsp3) is 0.379. The predicted octanol–water partition coefficient (Wildman–Crippen LogP) is 5.16. The molecule has 1 aromatic heterocycles. The molecule has 0 radical (unpaired) electrons. The van der Waals surface area contributed by atoms with Gasteiger partial charge in [0.15, 0.2) is 5.78 Å². The van der Waals surface area contributed by atoms with Crippen LogP contribution in [0.1, 0.15) is 56.7 Å². The van der Waals surface area contributed by atoms with Crippen molar-refractivity contribution in [2.24, 2.45) is 14.1 Å². The molecule has 0 aliphatic heterocycles. The lowest BCUT2D eigenvalue weighted by atomic mass is 10.00. The third-order valence-electron chi connectivity index (χ3n) is 6.95. The number of Topliss-reactive ketones (excluding diaryl/α,β-unsaturated/α-hetero) is 1. The van der Waals surface area contributed by atoms with E-state index in [1.54, 1.807) is 6.92 Å². The fourth-order valence-corrected chi connectivity index (χ4v) is 4.78. The number of benzene rings is 2. The number of alkyl halides is 3. The SMILES string of the molecule is CC1CCc2c1cccc2C(F)(F)F.CCOC(=O)/C(=C/N(C(C)=O)c1cc2c(cc1F)n(C)c(=O)n2C)C(C)=O. The first-order valence-corrected chi connectivity index (χ1v) is 12.8. The Morgan fingerprint density at radius 2 is 1.71 bits per heavy atom. The molecule has 0 N–H and O–H groups in total. The van der Waals surface area contributed by atoms with Gasteiger partial charge in [-0.3, -0.25) is 23.6 Å². The molecule has 1 aliphatic carbocycles. The van der Waals surface area contributed by atoms with Crippen molar-refractivity contribution in [1.29, 1.82) is 0 Å². The maximum Gasteiger partial charge on any atom is 0.416 e. The Morgan fingerprint density at radius 1 is 1.10 bits per heavy atom. The normalized spacial score (nSPS) is 14.8. The van der Waals surface area contributed by atoms with E-state index in [1.807, 2.05) is 13.0 Å². The Hall–Kier alpha value is -4.22. The first kappa shape index (κ1) is 31.3. The summed E-state index contributed by atoms with van der Waals surface area (Å²) in [5.74, 6) is -2.69. The van der Waals surface area contributed by atoms with Crippen LogP contribution in [0.25, 0.3) is 11.0 Å². The highest BCUT2D eigenvalue weighted by molar-refractivity contribution is 6.17. The third kappa shape index (κ3) is 6.41. The van der Waals surface area contributed by atoms with E-state index in [-0.39, 0.29) is 23.9 Å². The molecule has 1 unspecified atom stereocenters. The van der Waals surface area contributed by atoms with Crippen LogP contribution in [0.4, 0.5) is 23.2 Å². The lowest BCUT2D eigenvalue weighted by Gasteiger charge is -2.19. The van der Waals surface area contributed by atoms with E-state index in [4.69, 9.17) is 4.74 Å². The predicted molar refractivity (Wildman–Crippen MR) is 145 cm³/mol. The Labute approximate surface area is 233 Å². The number of aryl methyl sites for hydroxylation is 2. The van der Waals surface area contributed by atoms with Crippen LogP contribution >= 0.6 is 0 Å². The molecule has 4 rings (SSSR count). The number of carbonyl (C=O) groups is 3. The standard InChI is InChI=1S/C18H20FN3O5.C11H11F3/c1-6-27-17(25)12(10(2)23)9-22(11(3)24)14-8-16-15(7-13(14)19)20(4)18(26)21(16)5;1-7-5-6-9-8(7)3-2-4-10(9)11(12,13)14/h7-9H,6H2,1-5H3;2-4,7H,5-6H2,1H3/b12-9+;. The van der Waals surface area contributed by atoms with Gasteiger partial charge >= 0.3 is 17.8 Å². The maximum atomic E-state index is 14.7. The van der Waals surface area contributed by atoms with E-state index >= 15 is 0 Å². The number of rotatable bonds is 5. The van der Waals surface area contributed by atoms with Crippen LogP contribution in [0.15, 0.2) is 46.9 Å². The summed E-state index contributed by atoms with van der Waals surface area (Å²) in [4.78, 5) is 48.8. The second-order valence-corrected chi connectivity index (χ2v) is 9.71. The number of fused-ring (bicyclic) bond motifs is 2. The van der Waals surface area contributed by atoms with Crippen LogP contribution in [0.3, 0.4) is 0 Å². The van der Waals surface area contributed by atoms with Crippen molar-refractivity contribution in [1.82, 2.24) is 9.13 Å². The summed E-state index contributed by atoms with van der Waals surface area (Å²) >= 11 is 0. The molecule has 0 fully saturated rings. The Morgan fingerprint density at radius 3 is 2.24 bits per heavy atom. The number of carbonyl (C=O) groups excluding carboxylic acids is 3. The average Bonchev–Trinajstić information content (AvgIpc) is 3.36. The van der Waals surface area contributed by atoms with Gasteiger partial charge < -0.3 is 4.74 Å². The van der Waals surface area contributed by atoms with Gasteiger partial charge in [-0.25, -0.2) is 14.0 Å². The second kappa shape index (κ2) is 12.1. The number of hydrogen-bond donors (Lipinski definition) is 0. The first-order valence-electron chi connectivity index (χ1n) is 12.8. The molecule has 2 aromatic carbocycles. The monoisotopic (exact) mass is 577 g/mol. The molecular formula is C29H31F4N3O5. The van der Waals surface area contributed by atoms with Crippen molar-refractivity contribution in [2.75, 3.05) is 11.5 Å². The van der Waals surface area contributed by atoms with Gasteiger partial charge in [0.2, 0.25) is 5.91 Å². The van der Waals surface area contributed by atoms with Crippen molar-refractivity contribution in [2.45, 2.75) is 52.6 Å². The molecule has 12 heteroatoms. The molecule has 1 atom stereocenters. The minimum atomic E-state index is -4.20. The second-order valence-electron chi connectivity index (χ2n) is 9.71. The highest BCUT2D eigenvalue weighted by Gasteiger charge is 2.36. The van der Waals surface area contributed by atoms with E-state index in [9.17, 15) is 36.7 Å². The number of imidazole rings is 1. The highest BCUT2D eigenvalue weighted by atomic mass is 19.4. The van der Waals surface area contributed by atoms with Crippen LogP contribution in [0, 0.1) is 5.82 Å². The first-order chi connectivity index (χ1) is 19.1. The summed E-state index contributed by atoms with van der Waals surface area (Å²) in [5.41, 5.74) is 0.717. The quantitative estimate of drug-likeness (QED) is 0.137. The summed E-state index contributed by atoms with van der Waals surface area (Å²) in [6.07, 6.45) is -1.85. The van der Waals surface area contributed by atoms with E-state index in [1.165, 1.54) is 41.4 Å². The van der Waals surface area contributed by atoms with Gasteiger partial charge in [0, 0.05) is 33.3 Å². The number of ketones is 1. The lowest BCUT2D eigenvalue weighted by molar-refractivity contribution is -0.140. The molecule has 0 spiro atoms. The molecule has 0 saturated carbocycles. The van der Waals surface area contributed by atoms with Crippen LogP contribution in [-0.2, 0) is 45.8 Å². The van der Waals surface area contributed by atoms with Gasteiger partial charge in [0.1, 0.15) is 11.4 Å². The third-order valence-corrected chi connectivity index (χ3v) is 6.95. The van der Waals surface area contributed by atoms with Gasteiger partial charge in [-0.05, 0) is 55.9 Å². The zero-order valence-corrected chi connectivity index (χ0v) is 23.6. The van der Waals surface area contributed by atoms with Crippen molar-refractivity contribution in [3.05, 3.63) is 75.1 Å². The van der Waals surface area contributed by atoms with E-state index in [0.717, 1.165) is 43.0 Å². The highest BCUT2D eigenvalue weighted by Crippen LogP contribution is 2.40. The van der Waals surface area contributed by atoms with Crippen LogP contribution < -0.4 is 10.6 Å². The molecule has 0 bridgehead atoms. The number of nitrogens with zero attached hydrogens (tertiary/aromatic N) is 3. The lowest BCUT2D eigenvalue weighted by Crippen LogP contribution is -2.27. The van der Waals surface area contributed by atoms with Crippen molar-refractivity contribution in [3.8, 4) is 0 Å². The minimum Gasteiger partial charge on any atom is -0.462 e. The summed E-state index contributed by atoms with van der Waals surface area (Å²) in [6.45, 7) is 5.89. The molecule has 3 aromatic rings. The molecule has 8 nitrogen and oxygen atoms in total. The smallest absolute Gasteiger partial charge is 0.416 e. The molecule has 1 aliphatic rings. The number of amides is 1. The molecule has 41 heavy (non-hydrogen) atoms. The zero-order chi connectivity index (χ0) is 30.8. The maximum absolute atomic E-state index is 14.7. The zero-order valence-electron chi connectivity index (χ0n) is 23.6. The van der Waals surface area contributed by atoms with Crippen LogP contribution in [0.5, 0.6) is 0 Å². The van der Waals surface area contributed by atoms with Crippen molar-refractivity contribution < 1.29 is 36.7 Å². The Bertz CT molecular complexity index is 1600. The summed E-state index contributed by atoms with van der Waals surface area (Å²) in [6, 6.07) is 6.92. The number of anilines is 1. The van der Waals surface area contributed by atoms with E-state index in [0.29, 0.717) is 23.0 Å². The number of hydrogen-bond acceptors (Lipinski definition) is 5. The van der Waals surface area contributed by atoms with E-state index < -0.39 is 40.8 Å². The summed E-state index contributed by atoms with van der Waals surface area (Å²) in [5, 5.41) is 0. The van der Waals surface area contributed by atoms with Gasteiger partial charge in [-0.1, -0.05) is 19.1 Å². The number of esters is 1. The van der Waals surface area contributed by atoms with Gasteiger partial charge in [-0.15, -0.1) is 0 Å². The van der Waals surface area contributed by atoms with Gasteiger partial charge in [0.05, 0.1) is 28.9 Å². The molecule has 0 saturated heterocycles. The van der Waals surface area contributed by atoms with Crippen LogP contribution in [-0.4, -0.2) is 33.4 Å². The number of halogens is 4. The fourth-order valence-electron chi connectivity index (χ4n) is 4.78. The minimum absolute atomic E-state index is 0.0377. The topological polar surface area (TPSA) is 90.6 Å². The number of ether oxygens (including phenoxy) is 1.